The van der Waals surface area contributed by atoms with Crippen LogP contribution in [0.2, 0.25) is 0 Å². The van der Waals surface area contributed by atoms with Crippen LogP contribution in [0.15, 0.2) is 58.1 Å². The van der Waals surface area contributed by atoms with Gasteiger partial charge in [-0.3, -0.25) is 0 Å². The normalized spacial score (nSPS) is 15.5. The molecule has 142 valence electrons. The van der Waals surface area contributed by atoms with Gasteiger partial charge in [-0.25, -0.2) is 4.99 Å². The molecule has 2 aromatic rings. The van der Waals surface area contributed by atoms with Gasteiger partial charge in [0.25, 0.3) is 0 Å². The number of aliphatic hydroxyl groups is 1. The number of rotatable bonds is 8. The molecule has 0 spiro atoms. The predicted molar refractivity (Wildman–Crippen MR) is 106 cm³/mol. The molecule has 5 heteroatoms. The highest BCUT2D eigenvalue weighted by atomic mass is 16.4. The lowest BCUT2D eigenvalue weighted by atomic mass is 9.88. The van der Waals surface area contributed by atoms with E-state index < -0.39 is 5.60 Å². The van der Waals surface area contributed by atoms with Crippen molar-refractivity contribution in [2.45, 2.75) is 39.2 Å². The van der Waals surface area contributed by atoms with Crippen molar-refractivity contribution in [3.8, 4) is 0 Å². The molecule has 0 aliphatic rings. The zero-order valence-electron chi connectivity index (χ0n) is 16.2. The highest BCUT2D eigenvalue weighted by Crippen LogP contribution is 2.23. The molecule has 1 aromatic carbocycles. The summed E-state index contributed by atoms with van der Waals surface area (Å²) in [5, 5.41) is 17.2. The average Bonchev–Trinajstić information content (AvgIpc) is 3.16. The second-order valence-corrected chi connectivity index (χ2v) is 7.09. The number of nitrogens with one attached hydrogen (secondary N) is 2. The molecule has 2 atom stereocenters. The largest absolute Gasteiger partial charge is 0.466 e. The fraction of sp³-hybridized carbons (Fsp3) is 0.476. The van der Waals surface area contributed by atoms with Crippen LogP contribution in [0.1, 0.15) is 44.9 Å². The molecule has 0 fully saturated rings. The molecule has 1 heterocycles. The zero-order valence-corrected chi connectivity index (χ0v) is 16.2. The summed E-state index contributed by atoms with van der Waals surface area (Å²) >= 11 is 0. The molecular formula is C21H31N3O2. The van der Waals surface area contributed by atoms with Crippen molar-refractivity contribution in [2.24, 2.45) is 10.9 Å². The van der Waals surface area contributed by atoms with Crippen LogP contribution in [0, 0.1) is 5.92 Å². The van der Waals surface area contributed by atoms with Crippen LogP contribution in [0.3, 0.4) is 0 Å². The number of hydrogen-bond donors (Lipinski definition) is 3. The van der Waals surface area contributed by atoms with E-state index in [0.717, 1.165) is 13.1 Å². The second kappa shape index (κ2) is 9.43. The molecule has 2 rings (SSSR count). The number of benzene rings is 1. The minimum Gasteiger partial charge on any atom is -0.466 e. The van der Waals surface area contributed by atoms with Crippen LogP contribution in [0.25, 0.3) is 0 Å². The summed E-state index contributed by atoms with van der Waals surface area (Å²) in [6, 6.07) is 14.0. The summed E-state index contributed by atoms with van der Waals surface area (Å²) < 4.78 is 5.32. The molecule has 0 bridgehead atoms. The molecule has 0 radical (unpaired) electrons. The Morgan fingerprint density at radius 1 is 1.15 bits per heavy atom. The summed E-state index contributed by atoms with van der Waals surface area (Å²) in [5.41, 5.74) is 0.177. The van der Waals surface area contributed by atoms with Crippen LogP contribution in [0.4, 0.5) is 0 Å². The van der Waals surface area contributed by atoms with Crippen LogP contribution in [-0.2, 0) is 5.60 Å². The van der Waals surface area contributed by atoms with E-state index in [0.29, 0.717) is 23.6 Å². The first kappa shape index (κ1) is 20.0. The number of hydrogen-bond acceptors (Lipinski definition) is 3. The van der Waals surface area contributed by atoms with E-state index in [1.807, 2.05) is 13.0 Å². The van der Waals surface area contributed by atoms with E-state index in [4.69, 9.17) is 4.42 Å². The van der Waals surface area contributed by atoms with Crippen molar-refractivity contribution >= 4 is 5.96 Å². The Morgan fingerprint density at radius 2 is 1.88 bits per heavy atom. The van der Waals surface area contributed by atoms with Gasteiger partial charge in [-0.15, -0.1) is 0 Å². The Labute approximate surface area is 156 Å². The lowest BCUT2D eigenvalue weighted by Gasteiger charge is -2.24. The van der Waals surface area contributed by atoms with Gasteiger partial charge in [-0.05, 0) is 37.5 Å². The third-order valence-corrected chi connectivity index (χ3v) is 4.46. The topological polar surface area (TPSA) is 69.8 Å². The number of guanidine groups is 1. The molecule has 0 amide bonds. The summed E-state index contributed by atoms with van der Waals surface area (Å²) in [6.45, 7) is 9.94. The smallest absolute Gasteiger partial charge is 0.191 e. The third-order valence-electron chi connectivity index (χ3n) is 4.46. The monoisotopic (exact) mass is 357 g/mol. The van der Waals surface area contributed by atoms with Gasteiger partial charge in [0.1, 0.15) is 11.4 Å². The van der Waals surface area contributed by atoms with E-state index in [1.165, 1.54) is 5.56 Å². The molecule has 0 saturated carbocycles. The van der Waals surface area contributed by atoms with Crippen molar-refractivity contribution in [3.05, 3.63) is 60.1 Å². The molecule has 0 saturated heterocycles. The molecule has 26 heavy (non-hydrogen) atoms. The first-order valence-corrected chi connectivity index (χ1v) is 9.27. The number of aliphatic imine (C=N–C) groups is 1. The summed E-state index contributed by atoms with van der Waals surface area (Å²) in [4.78, 5) is 4.55. The molecule has 0 aliphatic carbocycles. The van der Waals surface area contributed by atoms with Gasteiger partial charge in [-0.2, -0.15) is 0 Å². The van der Waals surface area contributed by atoms with E-state index >= 15 is 0 Å². The first-order chi connectivity index (χ1) is 12.4. The zero-order chi connectivity index (χ0) is 19.0. The molecule has 1 aromatic heterocycles. The summed E-state index contributed by atoms with van der Waals surface area (Å²) in [7, 11) is 0. The van der Waals surface area contributed by atoms with Crippen molar-refractivity contribution in [1.29, 1.82) is 0 Å². The van der Waals surface area contributed by atoms with Gasteiger partial charge in [0.15, 0.2) is 5.96 Å². The molecule has 5 nitrogen and oxygen atoms in total. The van der Waals surface area contributed by atoms with Crippen LogP contribution in [0.5, 0.6) is 0 Å². The van der Waals surface area contributed by atoms with Gasteiger partial charge in [0, 0.05) is 19.0 Å². The van der Waals surface area contributed by atoms with Crippen LogP contribution in [-0.4, -0.2) is 30.7 Å². The predicted octanol–water partition coefficient (Wildman–Crippen LogP) is 3.48. The van der Waals surface area contributed by atoms with Crippen LogP contribution >= 0.6 is 0 Å². The van der Waals surface area contributed by atoms with E-state index in [-0.39, 0.29) is 6.54 Å². The maximum Gasteiger partial charge on any atom is 0.191 e. The Morgan fingerprint density at radius 3 is 2.46 bits per heavy atom. The number of nitrogens with zero attached hydrogens (tertiary/aromatic N) is 1. The molecule has 2 unspecified atom stereocenters. The first-order valence-electron chi connectivity index (χ1n) is 9.27. The average molecular weight is 357 g/mol. The minimum absolute atomic E-state index is 0.216. The van der Waals surface area contributed by atoms with Gasteiger partial charge < -0.3 is 20.2 Å². The lowest BCUT2D eigenvalue weighted by molar-refractivity contribution is 0.0437. The SMILES string of the molecule is CCNC(=NCC(C)(O)c1ccco1)NCC(c1ccccc1)C(C)C. The van der Waals surface area contributed by atoms with Gasteiger partial charge in [0.2, 0.25) is 0 Å². The number of furan rings is 1. The van der Waals surface area contributed by atoms with Crippen molar-refractivity contribution in [2.75, 3.05) is 19.6 Å². The Balaban J connectivity index is 2.04. The minimum atomic E-state index is -1.14. The lowest BCUT2D eigenvalue weighted by Crippen LogP contribution is -2.41. The Hall–Kier alpha value is -2.27. The maximum absolute atomic E-state index is 10.6. The van der Waals surface area contributed by atoms with Gasteiger partial charge in [-0.1, -0.05) is 44.2 Å². The van der Waals surface area contributed by atoms with Gasteiger partial charge >= 0.3 is 0 Å². The Bertz CT molecular complexity index is 664. The molecule has 3 N–H and O–H groups in total. The highest BCUT2D eigenvalue weighted by molar-refractivity contribution is 5.79. The van der Waals surface area contributed by atoms with Crippen molar-refractivity contribution in [3.63, 3.8) is 0 Å². The van der Waals surface area contributed by atoms with E-state index in [9.17, 15) is 5.11 Å². The fourth-order valence-corrected chi connectivity index (χ4v) is 2.88. The quantitative estimate of drug-likeness (QED) is 0.500. The van der Waals surface area contributed by atoms with E-state index in [1.54, 1.807) is 25.3 Å². The van der Waals surface area contributed by atoms with Gasteiger partial charge in [0.05, 0.1) is 12.8 Å². The molecular weight excluding hydrogens is 326 g/mol. The summed E-state index contributed by atoms with van der Waals surface area (Å²) in [5.74, 6) is 2.09. The highest BCUT2D eigenvalue weighted by Gasteiger charge is 2.26. The maximum atomic E-state index is 10.6. The molecule has 0 aliphatic heterocycles. The second-order valence-electron chi connectivity index (χ2n) is 7.09. The third kappa shape index (κ3) is 5.63. The fourth-order valence-electron chi connectivity index (χ4n) is 2.88. The van der Waals surface area contributed by atoms with Crippen LogP contribution < -0.4 is 10.6 Å². The standard InChI is InChI=1S/C21H31N3O2/c1-5-22-20(24-15-21(4,25)19-12-9-13-26-19)23-14-18(16(2)3)17-10-7-6-8-11-17/h6-13,16,18,25H,5,14-15H2,1-4H3,(H2,22,23,24). The van der Waals surface area contributed by atoms with E-state index in [2.05, 4.69) is 53.7 Å². The summed E-state index contributed by atoms with van der Waals surface area (Å²) in [6.07, 6.45) is 1.56. The van der Waals surface area contributed by atoms with Crippen molar-refractivity contribution in [1.82, 2.24) is 10.6 Å². The van der Waals surface area contributed by atoms with Crippen molar-refractivity contribution < 1.29 is 9.52 Å². The Kier molecular flexibility index (Phi) is 7.27.